The van der Waals surface area contributed by atoms with E-state index in [0.29, 0.717) is 6.54 Å². The first-order valence-corrected chi connectivity index (χ1v) is 10.2. The summed E-state index contributed by atoms with van der Waals surface area (Å²) < 4.78 is 0. The summed E-state index contributed by atoms with van der Waals surface area (Å²) in [5.74, 6) is 0.821. The van der Waals surface area contributed by atoms with E-state index in [9.17, 15) is 0 Å². The molecule has 4 rings (SSSR count). The fourth-order valence-electron chi connectivity index (χ4n) is 3.56. The van der Waals surface area contributed by atoms with Crippen LogP contribution in [0.5, 0.6) is 0 Å². The Balaban J connectivity index is 1.58. The van der Waals surface area contributed by atoms with Crippen molar-refractivity contribution in [3.63, 3.8) is 0 Å². The zero-order chi connectivity index (χ0) is 20.8. The topological polar surface area (TPSA) is 63.8 Å². The first-order chi connectivity index (χ1) is 14.7. The van der Waals surface area contributed by atoms with Crippen LogP contribution in [0.1, 0.15) is 11.1 Å². The molecule has 2 aromatic carbocycles. The van der Waals surface area contributed by atoms with Crippen LogP contribution in [0.4, 0.5) is 5.82 Å². The number of aromatic nitrogens is 2. The van der Waals surface area contributed by atoms with Crippen molar-refractivity contribution in [2.45, 2.75) is 19.4 Å². The van der Waals surface area contributed by atoms with E-state index in [4.69, 9.17) is 10.7 Å². The Hall–Kier alpha value is -3.50. The molecule has 0 saturated heterocycles. The van der Waals surface area contributed by atoms with Crippen LogP contribution in [0.3, 0.4) is 0 Å². The van der Waals surface area contributed by atoms with Crippen molar-refractivity contribution in [2.75, 3.05) is 11.9 Å². The summed E-state index contributed by atoms with van der Waals surface area (Å²) in [7, 11) is 0. The van der Waals surface area contributed by atoms with Gasteiger partial charge in [0, 0.05) is 36.1 Å². The lowest BCUT2D eigenvalue weighted by atomic mass is 9.98. The molecule has 1 atom stereocenters. The molecule has 0 aliphatic carbocycles. The number of hydrogen-bond acceptors (Lipinski definition) is 4. The summed E-state index contributed by atoms with van der Waals surface area (Å²) in [6.07, 6.45) is 4.42. The minimum absolute atomic E-state index is 0.00928. The molecule has 150 valence electrons. The van der Waals surface area contributed by atoms with Crippen molar-refractivity contribution in [3.8, 4) is 22.4 Å². The molecular formula is C26H26N4. The van der Waals surface area contributed by atoms with Crippen molar-refractivity contribution in [3.05, 3.63) is 102 Å². The molecule has 0 unspecified atom stereocenters. The second-order valence-corrected chi connectivity index (χ2v) is 7.53. The average Bonchev–Trinajstić information content (AvgIpc) is 2.79. The van der Waals surface area contributed by atoms with Crippen LogP contribution in [0.25, 0.3) is 22.4 Å². The quantitative estimate of drug-likeness (QED) is 0.458. The highest BCUT2D eigenvalue weighted by Gasteiger charge is 2.12. The second-order valence-electron chi connectivity index (χ2n) is 7.53. The Bertz CT molecular complexity index is 1090. The van der Waals surface area contributed by atoms with Crippen LogP contribution in [0.15, 0.2) is 91.3 Å². The maximum Gasteiger partial charge on any atom is 0.126 e. The molecule has 0 aliphatic rings. The summed E-state index contributed by atoms with van der Waals surface area (Å²) in [5, 5.41) is 3.41. The Kier molecular flexibility index (Phi) is 6.16. The Morgan fingerprint density at radius 2 is 1.67 bits per heavy atom. The number of benzene rings is 2. The third-order valence-electron chi connectivity index (χ3n) is 5.06. The maximum absolute atomic E-state index is 6.34. The normalized spacial score (nSPS) is 11.8. The van der Waals surface area contributed by atoms with Crippen molar-refractivity contribution in [2.24, 2.45) is 5.73 Å². The Labute approximate surface area is 177 Å². The third kappa shape index (κ3) is 4.91. The van der Waals surface area contributed by atoms with Gasteiger partial charge in [-0.25, -0.2) is 4.98 Å². The number of nitrogens with two attached hydrogens (primary N) is 1. The molecule has 0 bridgehead atoms. The molecule has 2 aromatic heterocycles. The third-order valence-corrected chi connectivity index (χ3v) is 5.06. The smallest absolute Gasteiger partial charge is 0.126 e. The van der Waals surface area contributed by atoms with Gasteiger partial charge in [0.1, 0.15) is 5.82 Å². The lowest BCUT2D eigenvalue weighted by Crippen LogP contribution is -2.31. The molecule has 0 amide bonds. The van der Waals surface area contributed by atoms with Gasteiger partial charge in [-0.05, 0) is 48.7 Å². The predicted octanol–water partition coefficient (Wildman–Crippen LogP) is 5.10. The fraction of sp³-hybridized carbons (Fsp3) is 0.154. The molecule has 2 heterocycles. The van der Waals surface area contributed by atoms with Gasteiger partial charge in [0.2, 0.25) is 0 Å². The van der Waals surface area contributed by atoms with Crippen LogP contribution in [-0.4, -0.2) is 22.6 Å². The van der Waals surface area contributed by atoms with E-state index in [1.165, 1.54) is 11.1 Å². The fourth-order valence-corrected chi connectivity index (χ4v) is 3.56. The minimum atomic E-state index is 0.00928. The van der Waals surface area contributed by atoms with Crippen molar-refractivity contribution in [1.82, 2.24) is 9.97 Å². The van der Waals surface area contributed by atoms with Gasteiger partial charge in [-0.1, -0.05) is 60.2 Å². The molecule has 0 spiro atoms. The highest BCUT2D eigenvalue weighted by molar-refractivity contribution is 5.82. The first-order valence-electron chi connectivity index (χ1n) is 10.2. The summed E-state index contributed by atoms with van der Waals surface area (Å²) in [6, 6.07) is 27.0. The monoisotopic (exact) mass is 394 g/mol. The molecule has 0 saturated carbocycles. The maximum atomic E-state index is 6.34. The van der Waals surface area contributed by atoms with Gasteiger partial charge in [-0.15, -0.1) is 0 Å². The SMILES string of the molecule is Cc1cccc(-c2ccc(NC[C@@H](N)Cc3ccccc3)nc2-c2ccncc2)c1. The molecule has 3 N–H and O–H groups in total. The van der Waals surface area contributed by atoms with E-state index in [1.807, 2.05) is 36.4 Å². The van der Waals surface area contributed by atoms with Gasteiger partial charge < -0.3 is 11.1 Å². The Morgan fingerprint density at radius 3 is 2.43 bits per heavy atom. The van der Waals surface area contributed by atoms with Gasteiger partial charge in [0.25, 0.3) is 0 Å². The molecule has 4 nitrogen and oxygen atoms in total. The van der Waals surface area contributed by atoms with Crippen LogP contribution < -0.4 is 11.1 Å². The van der Waals surface area contributed by atoms with Crippen molar-refractivity contribution >= 4 is 5.82 Å². The zero-order valence-corrected chi connectivity index (χ0v) is 17.1. The zero-order valence-electron chi connectivity index (χ0n) is 17.1. The molecule has 4 aromatic rings. The number of nitrogens with one attached hydrogen (secondary N) is 1. The van der Waals surface area contributed by atoms with E-state index in [-0.39, 0.29) is 6.04 Å². The van der Waals surface area contributed by atoms with Crippen molar-refractivity contribution in [1.29, 1.82) is 0 Å². The standard InChI is InChI=1S/C26H26N4/c1-19-6-5-9-22(16-19)24-10-11-25(30-26(24)21-12-14-28-15-13-21)29-18-23(27)17-20-7-3-2-4-8-20/h2-16,23H,17-18,27H2,1H3,(H,29,30)/t23-/m0/s1. The number of anilines is 1. The molecule has 4 heteroatoms. The molecule has 0 radical (unpaired) electrons. The summed E-state index contributed by atoms with van der Waals surface area (Å²) in [6.45, 7) is 2.76. The minimum Gasteiger partial charge on any atom is -0.368 e. The molecular weight excluding hydrogens is 368 g/mol. The van der Waals surface area contributed by atoms with Gasteiger partial charge in [0.15, 0.2) is 0 Å². The molecule has 30 heavy (non-hydrogen) atoms. The van der Waals surface area contributed by atoms with E-state index in [0.717, 1.165) is 34.6 Å². The summed E-state index contributed by atoms with van der Waals surface area (Å²) in [5.41, 5.74) is 13.0. The molecule has 0 fully saturated rings. The van der Waals surface area contributed by atoms with Crippen LogP contribution in [0.2, 0.25) is 0 Å². The lowest BCUT2D eigenvalue weighted by Gasteiger charge is -2.16. The second kappa shape index (κ2) is 9.33. The average molecular weight is 395 g/mol. The number of nitrogens with zero attached hydrogens (tertiary/aromatic N) is 2. The van der Waals surface area contributed by atoms with Crippen LogP contribution >= 0.6 is 0 Å². The van der Waals surface area contributed by atoms with Crippen LogP contribution in [-0.2, 0) is 6.42 Å². The summed E-state index contributed by atoms with van der Waals surface area (Å²) in [4.78, 5) is 9.08. The number of aryl methyl sites for hydroxylation is 1. The van der Waals surface area contributed by atoms with Gasteiger partial charge in [-0.3, -0.25) is 4.98 Å². The van der Waals surface area contributed by atoms with Crippen LogP contribution in [0, 0.1) is 6.92 Å². The highest BCUT2D eigenvalue weighted by atomic mass is 15.0. The van der Waals surface area contributed by atoms with E-state index in [2.05, 4.69) is 59.7 Å². The molecule has 0 aliphatic heterocycles. The predicted molar refractivity (Wildman–Crippen MR) is 124 cm³/mol. The van der Waals surface area contributed by atoms with E-state index in [1.54, 1.807) is 12.4 Å². The largest absolute Gasteiger partial charge is 0.368 e. The lowest BCUT2D eigenvalue weighted by molar-refractivity contribution is 0.698. The number of rotatable bonds is 7. The number of hydrogen-bond donors (Lipinski definition) is 2. The summed E-state index contributed by atoms with van der Waals surface area (Å²) >= 11 is 0. The van der Waals surface area contributed by atoms with Gasteiger partial charge >= 0.3 is 0 Å². The van der Waals surface area contributed by atoms with Gasteiger partial charge in [-0.2, -0.15) is 0 Å². The highest BCUT2D eigenvalue weighted by Crippen LogP contribution is 2.32. The van der Waals surface area contributed by atoms with E-state index < -0.39 is 0 Å². The van der Waals surface area contributed by atoms with Crippen molar-refractivity contribution < 1.29 is 0 Å². The Morgan fingerprint density at radius 1 is 0.867 bits per heavy atom. The van der Waals surface area contributed by atoms with Gasteiger partial charge in [0.05, 0.1) is 5.69 Å². The first kappa shape index (κ1) is 19.8. The van der Waals surface area contributed by atoms with E-state index >= 15 is 0 Å². The number of pyridine rings is 2.